The van der Waals surface area contributed by atoms with E-state index in [0.29, 0.717) is 11.4 Å². The van der Waals surface area contributed by atoms with E-state index >= 15 is 0 Å². The number of piperidine rings is 1. The molecule has 3 aliphatic rings. The number of hydrogen-bond donors (Lipinski definition) is 9. The monoisotopic (exact) mass is 454 g/mol. The topological polar surface area (TPSA) is 237 Å². The fourth-order valence-electron chi connectivity index (χ4n) is 4.02. The SMILES string of the molecule is CC1C(N(C)c2nc(=O)[nH]c3c2C2=CC2N3)C(O)(O)NC(O)(OOC(C)(O)C#N)C1(O)O. The van der Waals surface area contributed by atoms with Crippen LogP contribution in [0.3, 0.4) is 0 Å². The van der Waals surface area contributed by atoms with Crippen molar-refractivity contribution in [2.45, 2.75) is 49.3 Å². The fourth-order valence-corrected chi connectivity index (χ4v) is 4.02. The number of nitrogens with zero attached hydrogens (tertiary/aromatic N) is 3. The molecule has 5 unspecified atom stereocenters. The van der Waals surface area contributed by atoms with Crippen LogP contribution in [0.15, 0.2) is 10.9 Å². The first kappa shape index (κ1) is 22.5. The van der Waals surface area contributed by atoms with Gasteiger partial charge in [-0.25, -0.2) is 10.1 Å². The standard InChI is InChI=1S/C17H22N6O9/c1-6-10(23(3)12-9-7-4-8(7)19-11(9)20-13(24)21-12)16(28,29)22-17(30,15(6,26)27)32-31-14(2,25)5-18/h4,6,8,10,22,25-30H,1-3H3,(H2,19,20,21,24). The highest BCUT2D eigenvalue weighted by atomic mass is 17.3. The molecule has 174 valence electrons. The van der Waals surface area contributed by atoms with Crippen molar-refractivity contribution in [1.29, 1.82) is 5.26 Å². The first-order valence-electron chi connectivity index (χ1n) is 9.41. The van der Waals surface area contributed by atoms with E-state index in [0.717, 1.165) is 24.3 Å². The Hall–Kier alpha value is -2.65. The van der Waals surface area contributed by atoms with Gasteiger partial charge in [0.15, 0.2) is 0 Å². The van der Waals surface area contributed by atoms with Crippen molar-refractivity contribution < 1.29 is 40.4 Å². The Morgan fingerprint density at radius 3 is 2.59 bits per heavy atom. The summed E-state index contributed by atoms with van der Waals surface area (Å²) in [6, 6.07) is -0.458. The smallest absolute Gasteiger partial charge is 0.348 e. The maximum absolute atomic E-state index is 12.0. The zero-order valence-corrected chi connectivity index (χ0v) is 17.1. The van der Waals surface area contributed by atoms with Crippen LogP contribution in [0.25, 0.3) is 5.57 Å². The van der Waals surface area contributed by atoms with Crippen LogP contribution in [0.2, 0.25) is 0 Å². The summed E-state index contributed by atoms with van der Waals surface area (Å²) in [5.41, 5.74) is 0.575. The molecule has 15 heteroatoms. The van der Waals surface area contributed by atoms with Gasteiger partial charge >= 0.3 is 11.6 Å². The lowest BCUT2D eigenvalue weighted by atomic mass is 9.82. The number of anilines is 2. The third-order valence-corrected chi connectivity index (χ3v) is 5.73. The number of nitriles is 1. The molecular formula is C17H22N6O9. The minimum atomic E-state index is -3.41. The van der Waals surface area contributed by atoms with Gasteiger partial charge in [-0.2, -0.15) is 20.0 Å². The highest BCUT2D eigenvalue weighted by Gasteiger charge is 2.69. The summed E-state index contributed by atoms with van der Waals surface area (Å²) in [6.07, 6.45) is 1.85. The van der Waals surface area contributed by atoms with E-state index in [9.17, 15) is 35.4 Å². The zero-order valence-electron chi connectivity index (χ0n) is 17.1. The molecule has 1 aromatic rings. The Balaban J connectivity index is 1.70. The lowest BCUT2D eigenvalue weighted by molar-refractivity contribution is -0.559. The van der Waals surface area contributed by atoms with Crippen molar-refractivity contribution in [3.63, 3.8) is 0 Å². The van der Waals surface area contributed by atoms with E-state index in [1.54, 1.807) is 5.32 Å². The normalized spacial score (nSPS) is 33.1. The van der Waals surface area contributed by atoms with Crippen LogP contribution in [0.4, 0.5) is 11.6 Å². The second-order valence-electron chi connectivity index (χ2n) is 8.19. The van der Waals surface area contributed by atoms with Crippen LogP contribution in [0, 0.1) is 17.2 Å². The number of fused-ring (bicyclic) bond motifs is 3. The van der Waals surface area contributed by atoms with Crippen molar-refractivity contribution in [3.8, 4) is 6.07 Å². The van der Waals surface area contributed by atoms with Crippen LogP contribution >= 0.6 is 0 Å². The summed E-state index contributed by atoms with van der Waals surface area (Å²) in [5.74, 6) is -13.6. The van der Waals surface area contributed by atoms with Gasteiger partial charge < -0.3 is 40.9 Å². The summed E-state index contributed by atoms with van der Waals surface area (Å²) >= 11 is 0. The fraction of sp³-hybridized carbons (Fsp3) is 0.588. The molecule has 3 heterocycles. The molecule has 4 rings (SSSR count). The Kier molecular flexibility index (Phi) is 4.70. The largest absolute Gasteiger partial charge is 0.361 e. The second-order valence-corrected chi connectivity index (χ2v) is 8.19. The summed E-state index contributed by atoms with van der Waals surface area (Å²) in [6.45, 7) is 1.97. The van der Waals surface area contributed by atoms with Gasteiger partial charge in [0, 0.05) is 19.9 Å². The zero-order chi connectivity index (χ0) is 23.9. The molecule has 9 N–H and O–H groups in total. The van der Waals surface area contributed by atoms with Gasteiger partial charge in [0.2, 0.25) is 11.7 Å². The van der Waals surface area contributed by atoms with E-state index in [2.05, 4.69) is 25.1 Å². The van der Waals surface area contributed by atoms with E-state index < -0.39 is 41.0 Å². The summed E-state index contributed by atoms with van der Waals surface area (Å²) < 4.78 is 0. The molecule has 0 bridgehead atoms. The van der Waals surface area contributed by atoms with Gasteiger partial charge in [-0.1, -0.05) is 13.0 Å². The van der Waals surface area contributed by atoms with Gasteiger partial charge in [0.25, 0.3) is 5.79 Å². The maximum atomic E-state index is 12.0. The van der Waals surface area contributed by atoms with E-state index in [1.807, 2.05) is 6.08 Å². The van der Waals surface area contributed by atoms with Crippen molar-refractivity contribution in [2.24, 2.45) is 5.92 Å². The van der Waals surface area contributed by atoms with Crippen LogP contribution in [-0.4, -0.2) is 83.1 Å². The number of aromatic nitrogens is 2. The van der Waals surface area contributed by atoms with Crippen molar-refractivity contribution in [1.82, 2.24) is 15.3 Å². The number of aromatic amines is 1. The Bertz CT molecular complexity index is 1090. The van der Waals surface area contributed by atoms with Crippen molar-refractivity contribution in [2.75, 3.05) is 17.3 Å². The molecule has 2 aliphatic heterocycles. The minimum absolute atomic E-state index is 0.0134. The lowest BCUT2D eigenvalue weighted by Gasteiger charge is -2.55. The van der Waals surface area contributed by atoms with Crippen LogP contribution < -0.4 is 21.2 Å². The first-order chi connectivity index (χ1) is 14.6. The number of likely N-dealkylation sites (N-methyl/N-ethyl adjacent to an activating group) is 1. The van der Waals surface area contributed by atoms with Gasteiger partial charge in [-0.05, 0) is 5.57 Å². The van der Waals surface area contributed by atoms with Crippen LogP contribution in [0.1, 0.15) is 19.4 Å². The molecule has 1 fully saturated rings. The average molecular weight is 454 g/mol. The summed E-state index contributed by atoms with van der Waals surface area (Å²) in [5, 5.41) is 76.4. The van der Waals surface area contributed by atoms with Gasteiger partial charge in [-0.3, -0.25) is 4.98 Å². The quantitative estimate of drug-likeness (QED) is 0.0896. The molecule has 0 amide bonds. The number of rotatable bonds is 5. The van der Waals surface area contributed by atoms with Crippen molar-refractivity contribution >= 4 is 17.2 Å². The molecule has 0 radical (unpaired) electrons. The summed E-state index contributed by atoms with van der Waals surface area (Å²) in [4.78, 5) is 28.4. The van der Waals surface area contributed by atoms with Crippen LogP contribution in [0.5, 0.6) is 0 Å². The highest BCUT2D eigenvalue weighted by Crippen LogP contribution is 2.49. The third-order valence-electron chi connectivity index (χ3n) is 5.73. The predicted octanol–water partition coefficient (Wildman–Crippen LogP) is -3.85. The Morgan fingerprint density at radius 1 is 1.31 bits per heavy atom. The molecule has 32 heavy (non-hydrogen) atoms. The molecule has 5 atom stereocenters. The van der Waals surface area contributed by atoms with Gasteiger partial charge in [0.1, 0.15) is 23.7 Å². The van der Waals surface area contributed by atoms with E-state index in [4.69, 9.17) is 5.26 Å². The molecule has 0 aromatic carbocycles. The molecule has 0 saturated carbocycles. The molecular weight excluding hydrogens is 432 g/mol. The molecule has 1 saturated heterocycles. The Labute approximate surface area is 179 Å². The number of hydrogen-bond acceptors (Lipinski definition) is 14. The van der Waals surface area contributed by atoms with Gasteiger partial charge in [0.05, 0.1) is 11.6 Å². The first-order valence-corrected chi connectivity index (χ1v) is 9.41. The Morgan fingerprint density at radius 2 is 1.97 bits per heavy atom. The van der Waals surface area contributed by atoms with Crippen LogP contribution in [-0.2, 0) is 9.78 Å². The lowest BCUT2D eigenvalue weighted by Crippen LogP contribution is -2.84. The minimum Gasteiger partial charge on any atom is -0.361 e. The second kappa shape index (κ2) is 6.68. The maximum Gasteiger partial charge on any atom is 0.348 e. The molecule has 1 aromatic heterocycles. The molecule has 0 spiro atoms. The summed E-state index contributed by atoms with van der Waals surface area (Å²) in [7, 11) is 1.33. The third kappa shape index (κ3) is 3.26. The average Bonchev–Trinajstić information content (AvgIpc) is 3.34. The number of H-pyrrole nitrogens is 1. The highest BCUT2D eigenvalue weighted by molar-refractivity contribution is 6.00. The van der Waals surface area contributed by atoms with Gasteiger partial charge in [-0.15, -0.1) is 0 Å². The van der Waals surface area contributed by atoms with E-state index in [1.165, 1.54) is 13.1 Å². The number of aliphatic hydroxyl groups is 6. The van der Waals surface area contributed by atoms with E-state index in [-0.39, 0.29) is 11.9 Å². The number of nitrogens with one attached hydrogen (secondary N) is 3. The molecule has 1 aliphatic carbocycles. The molecule has 15 nitrogen and oxygen atoms in total. The predicted molar refractivity (Wildman–Crippen MR) is 102 cm³/mol. The van der Waals surface area contributed by atoms with Crippen molar-refractivity contribution in [3.05, 3.63) is 22.1 Å².